The molecule has 1 aliphatic rings. The Labute approximate surface area is 158 Å². The highest BCUT2D eigenvalue weighted by Crippen LogP contribution is 2.26. The highest BCUT2D eigenvalue weighted by Gasteiger charge is 2.18. The monoisotopic (exact) mass is 401 g/mol. The van der Waals surface area contributed by atoms with E-state index in [4.69, 9.17) is 0 Å². The number of nitrogens with zero attached hydrogens (tertiary/aromatic N) is 2. The lowest BCUT2D eigenvalue weighted by molar-refractivity contribution is 0.220. The summed E-state index contributed by atoms with van der Waals surface area (Å²) in [7, 11) is 1.84. The van der Waals surface area contributed by atoms with Crippen LogP contribution in [-0.2, 0) is 6.54 Å². The van der Waals surface area contributed by atoms with Gasteiger partial charge < -0.3 is 15.1 Å². The van der Waals surface area contributed by atoms with E-state index in [1.54, 1.807) is 4.90 Å². The number of urea groups is 1. The van der Waals surface area contributed by atoms with E-state index in [0.717, 1.165) is 28.8 Å². The van der Waals surface area contributed by atoms with Crippen molar-refractivity contribution in [1.29, 1.82) is 0 Å². The number of anilines is 2. The molecule has 0 saturated carbocycles. The van der Waals surface area contributed by atoms with Gasteiger partial charge in [-0.15, -0.1) is 0 Å². The summed E-state index contributed by atoms with van der Waals surface area (Å²) in [4.78, 5) is 16.7. The van der Waals surface area contributed by atoms with Crippen LogP contribution < -0.4 is 10.2 Å². The van der Waals surface area contributed by atoms with E-state index < -0.39 is 0 Å². The van der Waals surface area contributed by atoms with Gasteiger partial charge in [0.05, 0.1) is 0 Å². The topological polar surface area (TPSA) is 35.6 Å². The molecule has 4 nitrogen and oxygen atoms in total. The summed E-state index contributed by atoms with van der Waals surface area (Å²) in [6, 6.07) is 14.2. The molecule has 1 fully saturated rings. The largest absolute Gasteiger partial charge is 0.371 e. The lowest BCUT2D eigenvalue weighted by atomic mass is 10.1. The van der Waals surface area contributed by atoms with Crippen LogP contribution >= 0.6 is 15.9 Å². The third kappa shape index (κ3) is 4.34. The average molecular weight is 402 g/mol. The molecule has 0 radical (unpaired) electrons. The van der Waals surface area contributed by atoms with E-state index in [2.05, 4.69) is 44.3 Å². The second kappa shape index (κ2) is 7.91. The SMILES string of the molecule is Cc1ccc(Br)cc1NC(=O)N(C)Cc1ccccc1N1CCCC1. The molecule has 1 heterocycles. The molecule has 2 aromatic rings. The fourth-order valence-electron chi connectivity index (χ4n) is 3.18. The van der Waals surface area contributed by atoms with Gasteiger partial charge in [0.1, 0.15) is 0 Å². The Balaban J connectivity index is 1.70. The summed E-state index contributed by atoms with van der Waals surface area (Å²) in [6.45, 7) is 4.78. The highest BCUT2D eigenvalue weighted by atomic mass is 79.9. The number of aryl methyl sites for hydroxylation is 1. The van der Waals surface area contributed by atoms with Gasteiger partial charge in [-0.1, -0.05) is 40.2 Å². The Morgan fingerprint density at radius 2 is 1.92 bits per heavy atom. The predicted molar refractivity (Wildman–Crippen MR) is 107 cm³/mol. The molecule has 0 aromatic heterocycles. The maximum Gasteiger partial charge on any atom is 0.321 e. The highest BCUT2D eigenvalue weighted by molar-refractivity contribution is 9.10. The molecule has 0 atom stereocenters. The van der Waals surface area contributed by atoms with Crippen molar-refractivity contribution < 1.29 is 4.79 Å². The van der Waals surface area contributed by atoms with Crippen LogP contribution in [0, 0.1) is 6.92 Å². The minimum Gasteiger partial charge on any atom is -0.371 e. The summed E-state index contributed by atoms with van der Waals surface area (Å²) in [5.74, 6) is 0. The number of hydrogen-bond acceptors (Lipinski definition) is 2. The van der Waals surface area contributed by atoms with Gasteiger partial charge in [-0.25, -0.2) is 4.79 Å². The number of para-hydroxylation sites is 1. The quantitative estimate of drug-likeness (QED) is 0.780. The van der Waals surface area contributed by atoms with Crippen LogP contribution in [0.5, 0.6) is 0 Å². The van der Waals surface area contributed by atoms with Gasteiger partial charge in [0.15, 0.2) is 0 Å². The zero-order chi connectivity index (χ0) is 17.8. The minimum absolute atomic E-state index is 0.0996. The molecule has 132 valence electrons. The summed E-state index contributed by atoms with van der Waals surface area (Å²) in [5.41, 5.74) is 4.31. The van der Waals surface area contributed by atoms with Crippen molar-refractivity contribution >= 4 is 33.3 Å². The van der Waals surface area contributed by atoms with Gasteiger partial charge in [-0.05, 0) is 49.1 Å². The maximum atomic E-state index is 12.6. The Kier molecular flexibility index (Phi) is 5.63. The van der Waals surface area contributed by atoms with Gasteiger partial charge in [0.2, 0.25) is 0 Å². The number of carbonyl (C=O) groups is 1. The minimum atomic E-state index is -0.0996. The molecule has 3 rings (SSSR count). The van der Waals surface area contributed by atoms with Crippen molar-refractivity contribution in [3.05, 3.63) is 58.1 Å². The fraction of sp³-hybridized carbons (Fsp3) is 0.350. The van der Waals surface area contributed by atoms with Gasteiger partial charge in [0.25, 0.3) is 0 Å². The van der Waals surface area contributed by atoms with Gasteiger partial charge in [0, 0.05) is 42.5 Å². The molecule has 0 unspecified atom stereocenters. The molecule has 2 amide bonds. The lowest BCUT2D eigenvalue weighted by Gasteiger charge is -2.25. The summed E-state index contributed by atoms with van der Waals surface area (Å²) >= 11 is 3.45. The van der Waals surface area contributed by atoms with Crippen molar-refractivity contribution in [2.24, 2.45) is 0 Å². The first-order valence-corrected chi connectivity index (χ1v) is 9.45. The molecule has 1 saturated heterocycles. The number of halogens is 1. The number of nitrogens with one attached hydrogen (secondary N) is 1. The van der Waals surface area contributed by atoms with Crippen molar-refractivity contribution in [3.63, 3.8) is 0 Å². The van der Waals surface area contributed by atoms with Crippen LogP contribution in [0.3, 0.4) is 0 Å². The standard InChI is InChI=1S/C20H24BrN3O/c1-15-9-10-17(21)13-18(15)22-20(25)23(2)14-16-7-3-4-8-19(16)24-11-5-6-12-24/h3-4,7-10,13H,5-6,11-12,14H2,1-2H3,(H,22,25). The van der Waals surface area contributed by atoms with Crippen molar-refractivity contribution in [3.8, 4) is 0 Å². The van der Waals surface area contributed by atoms with Crippen LogP contribution in [0.2, 0.25) is 0 Å². The smallest absolute Gasteiger partial charge is 0.321 e. The van der Waals surface area contributed by atoms with Crippen LogP contribution in [0.25, 0.3) is 0 Å². The van der Waals surface area contributed by atoms with Crippen molar-refractivity contribution in [1.82, 2.24) is 4.90 Å². The van der Waals surface area contributed by atoms with Crippen molar-refractivity contribution in [2.45, 2.75) is 26.3 Å². The van der Waals surface area contributed by atoms with Gasteiger partial charge in [-0.2, -0.15) is 0 Å². The maximum absolute atomic E-state index is 12.6. The lowest BCUT2D eigenvalue weighted by Crippen LogP contribution is -2.32. The first kappa shape index (κ1) is 17.8. The summed E-state index contributed by atoms with van der Waals surface area (Å²) < 4.78 is 0.954. The first-order valence-electron chi connectivity index (χ1n) is 8.66. The Bertz CT molecular complexity index is 756. The molecule has 2 aromatic carbocycles. The Hall–Kier alpha value is -2.01. The Morgan fingerprint density at radius 1 is 1.20 bits per heavy atom. The third-order valence-corrected chi connectivity index (χ3v) is 5.13. The second-order valence-corrected chi connectivity index (χ2v) is 7.48. The fourth-order valence-corrected chi connectivity index (χ4v) is 3.54. The van der Waals surface area contributed by atoms with Gasteiger partial charge in [-0.3, -0.25) is 0 Å². The van der Waals surface area contributed by atoms with E-state index in [9.17, 15) is 4.79 Å². The molecule has 25 heavy (non-hydrogen) atoms. The predicted octanol–water partition coefficient (Wildman–Crippen LogP) is 5.02. The molecular weight excluding hydrogens is 378 g/mol. The zero-order valence-corrected chi connectivity index (χ0v) is 16.3. The molecule has 0 spiro atoms. The molecule has 1 N–H and O–H groups in total. The third-order valence-electron chi connectivity index (χ3n) is 4.63. The normalized spacial score (nSPS) is 13.8. The summed E-state index contributed by atoms with van der Waals surface area (Å²) in [5, 5.41) is 3.00. The van der Waals surface area contributed by atoms with Crippen LogP contribution in [-0.4, -0.2) is 31.1 Å². The van der Waals surface area contributed by atoms with Crippen LogP contribution in [0.15, 0.2) is 46.9 Å². The van der Waals surface area contributed by atoms with E-state index in [1.807, 2.05) is 38.2 Å². The number of hydrogen-bond donors (Lipinski definition) is 1. The molecular formula is C20H24BrN3O. The van der Waals surface area contributed by atoms with E-state index in [-0.39, 0.29) is 6.03 Å². The second-order valence-electron chi connectivity index (χ2n) is 6.57. The van der Waals surface area contributed by atoms with Crippen molar-refractivity contribution in [2.75, 3.05) is 30.4 Å². The molecule has 0 bridgehead atoms. The van der Waals surface area contributed by atoms with E-state index in [0.29, 0.717) is 6.54 Å². The number of amides is 2. The van der Waals surface area contributed by atoms with Crippen LogP contribution in [0.1, 0.15) is 24.0 Å². The number of rotatable bonds is 4. The summed E-state index contributed by atoms with van der Waals surface area (Å²) in [6.07, 6.45) is 2.49. The molecule has 1 aliphatic heterocycles. The van der Waals surface area contributed by atoms with Gasteiger partial charge >= 0.3 is 6.03 Å². The first-order chi connectivity index (χ1) is 12.0. The number of carbonyl (C=O) groups excluding carboxylic acids is 1. The number of benzene rings is 2. The van der Waals surface area contributed by atoms with E-state index in [1.165, 1.54) is 24.1 Å². The molecule has 5 heteroatoms. The molecule has 0 aliphatic carbocycles. The zero-order valence-electron chi connectivity index (χ0n) is 14.8. The Morgan fingerprint density at radius 3 is 2.68 bits per heavy atom. The van der Waals surface area contributed by atoms with E-state index >= 15 is 0 Å². The average Bonchev–Trinajstić information content (AvgIpc) is 3.13. The van der Waals surface area contributed by atoms with Crippen LogP contribution in [0.4, 0.5) is 16.2 Å².